The quantitative estimate of drug-likeness (QED) is 0.880. The highest BCUT2D eigenvalue weighted by Crippen LogP contribution is 2.31. The first-order chi connectivity index (χ1) is 9.79. The van der Waals surface area contributed by atoms with Gasteiger partial charge in [-0.3, -0.25) is 4.68 Å². The van der Waals surface area contributed by atoms with Crippen molar-refractivity contribution in [2.24, 2.45) is 7.05 Å². The van der Waals surface area contributed by atoms with Gasteiger partial charge >= 0.3 is 6.18 Å². The Balaban J connectivity index is 2.09. The Bertz CT molecular complexity index is 626. The van der Waals surface area contributed by atoms with Crippen LogP contribution in [0.25, 0.3) is 0 Å². The molecule has 0 aliphatic carbocycles. The fourth-order valence-corrected chi connectivity index (χ4v) is 2.08. The average molecular weight is 320 g/mol. The zero-order valence-corrected chi connectivity index (χ0v) is 12.1. The minimum atomic E-state index is -4.50. The van der Waals surface area contributed by atoms with E-state index < -0.39 is 11.9 Å². The molecule has 2 rings (SSSR count). The van der Waals surface area contributed by atoms with Crippen molar-refractivity contribution in [3.63, 3.8) is 0 Å². The second-order valence-corrected chi connectivity index (χ2v) is 4.88. The summed E-state index contributed by atoms with van der Waals surface area (Å²) in [5.74, 6) is 0. The topological polar surface area (TPSA) is 55.6 Å². The average Bonchev–Trinajstić information content (AvgIpc) is 2.80. The lowest BCUT2D eigenvalue weighted by molar-refractivity contribution is -0.141. The van der Waals surface area contributed by atoms with E-state index in [1.54, 1.807) is 24.9 Å². The highest BCUT2D eigenvalue weighted by Gasteiger charge is 2.33. The molecule has 0 aliphatic heterocycles. The SMILES string of the molecule is CC(NCc1cnnn1C)c1ccc(C(F)(F)F)nc1Cl. The maximum absolute atomic E-state index is 12.5. The van der Waals surface area contributed by atoms with E-state index in [2.05, 4.69) is 20.6 Å². The van der Waals surface area contributed by atoms with Crippen LogP contribution in [0.5, 0.6) is 0 Å². The smallest absolute Gasteiger partial charge is 0.304 e. The number of hydrogen-bond acceptors (Lipinski definition) is 4. The van der Waals surface area contributed by atoms with Crippen molar-refractivity contribution in [3.8, 4) is 0 Å². The molecule has 0 saturated carbocycles. The first kappa shape index (κ1) is 15.7. The molecule has 2 aromatic heterocycles. The van der Waals surface area contributed by atoms with Crippen molar-refractivity contribution in [3.05, 3.63) is 40.4 Å². The summed E-state index contributed by atoms with van der Waals surface area (Å²) in [4.78, 5) is 3.40. The van der Waals surface area contributed by atoms with Crippen LogP contribution in [0.3, 0.4) is 0 Å². The van der Waals surface area contributed by atoms with Crippen LogP contribution in [0, 0.1) is 0 Å². The minimum Gasteiger partial charge on any atom is -0.304 e. The van der Waals surface area contributed by atoms with Crippen molar-refractivity contribution in [2.45, 2.75) is 25.7 Å². The van der Waals surface area contributed by atoms with E-state index in [0.717, 1.165) is 11.8 Å². The zero-order valence-electron chi connectivity index (χ0n) is 11.3. The summed E-state index contributed by atoms with van der Waals surface area (Å²) in [6.45, 7) is 2.25. The summed E-state index contributed by atoms with van der Waals surface area (Å²) in [5.41, 5.74) is 0.344. The van der Waals surface area contributed by atoms with Crippen LogP contribution >= 0.6 is 11.6 Å². The van der Waals surface area contributed by atoms with E-state index in [4.69, 9.17) is 11.6 Å². The second-order valence-electron chi connectivity index (χ2n) is 4.53. The van der Waals surface area contributed by atoms with Gasteiger partial charge in [0.2, 0.25) is 0 Å². The summed E-state index contributed by atoms with van der Waals surface area (Å²) in [6.07, 6.45) is -2.90. The van der Waals surface area contributed by atoms with Gasteiger partial charge in [-0.05, 0) is 13.0 Å². The first-order valence-corrected chi connectivity index (χ1v) is 6.47. The molecule has 0 spiro atoms. The van der Waals surface area contributed by atoms with Gasteiger partial charge in [0.15, 0.2) is 0 Å². The Morgan fingerprint density at radius 1 is 1.38 bits per heavy atom. The third-order valence-electron chi connectivity index (χ3n) is 3.03. The maximum Gasteiger partial charge on any atom is 0.433 e. The van der Waals surface area contributed by atoms with Crippen molar-refractivity contribution in [2.75, 3.05) is 0 Å². The van der Waals surface area contributed by atoms with Gasteiger partial charge in [0.25, 0.3) is 0 Å². The lowest BCUT2D eigenvalue weighted by Crippen LogP contribution is -2.21. The van der Waals surface area contributed by atoms with Gasteiger partial charge in [-0.1, -0.05) is 22.9 Å². The van der Waals surface area contributed by atoms with E-state index in [9.17, 15) is 13.2 Å². The summed E-state index contributed by atoms with van der Waals surface area (Å²) in [7, 11) is 1.75. The summed E-state index contributed by atoms with van der Waals surface area (Å²) < 4.78 is 39.2. The van der Waals surface area contributed by atoms with E-state index in [1.165, 1.54) is 6.07 Å². The first-order valence-electron chi connectivity index (χ1n) is 6.09. The van der Waals surface area contributed by atoms with Gasteiger partial charge in [-0.2, -0.15) is 13.2 Å². The highest BCUT2D eigenvalue weighted by molar-refractivity contribution is 6.30. The number of alkyl halides is 3. The normalized spacial score (nSPS) is 13.4. The fourth-order valence-electron chi connectivity index (χ4n) is 1.76. The molecule has 0 radical (unpaired) electrons. The molecule has 0 saturated heterocycles. The third-order valence-corrected chi connectivity index (χ3v) is 3.33. The molecule has 0 aromatic carbocycles. The summed E-state index contributed by atoms with van der Waals surface area (Å²) >= 11 is 5.84. The fraction of sp³-hybridized carbons (Fsp3) is 0.417. The van der Waals surface area contributed by atoms with E-state index in [1.807, 2.05) is 0 Å². The zero-order chi connectivity index (χ0) is 15.6. The molecule has 0 amide bonds. The van der Waals surface area contributed by atoms with E-state index in [0.29, 0.717) is 12.1 Å². The molecule has 0 aliphatic rings. The monoisotopic (exact) mass is 319 g/mol. The number of pyridine rings is 1. The number of nitrogens with one attached hydrogen (secondary N) is 1. The molecule has 114 valence electrons. The number of halogens is 4. The van der Waals surface area contributed by atoms with Crippen LogP contribution in [0.2, 0.25) is 5.15 Å². The molecule has 5 nitrogen and oxygen atoms in total. The van der Waals surface area contributed by atoms with Crippen molar-refractivity contribution >= 4 is 11.6 Å². The number of rotatable bonds is 4. The largest absolute Gasteiger partial charge is 0.433 e. The predicted molar refractivity (Wildman–Crippen MR) is 70.5 cm³/mol. The molecule has 1 unspecified atom stereocenters. The van der Waals surface area contributed by atoms with E-state index in [-0.39, 0.29) is 11.2 Å². The van der Waals surface area contributed by atoms with Gasteiger partial charge in [-0.25, -0.2) is 4.98 Å². The second kappa shape index (κ2) is 5.98. The van der Waals surface area contributed by atoms with Crippen LogP contribution in [0.1, 0.15) is 29.9 Å². The Labute approximate surface area is 124 Å². The van der Waals surface area contributed by atoms with Gasteiger partial charge in [0.05, 0.1) is 11.9 Å². The van der Waals surface area contributed by atoms with Crippen LogP contribution < -0.4 is 5.32 Å². The lowest BCUT2D eigenvalue weighted by atomic mass is 10.1. The number of nitrogens with zero attached hydrogens (tertiary/aromatic N) is 4. The molecule has 21 heavy (non-hydrogen) atoms. The summed E-state index contributed by atoms with van der Waals surface area (Å²) in [6, 6.07) is 1.99. The van der Waals surface area contributed by atoms with E-state index >= 15 is 0 Å². The lowest BCUT2D eigenvalue weighted by Gasteiger charge is -2.16. The van der Waals surface area contributed by atoms with Gasteiger partial charge < -0.3 is 5.32 Å². The molecular weight excluding hydrogens is 307 g/mol. The summed E-state index contributed by atoms with van der Waals surface area (Å²) in [5, 5.41) is 10.5. The Morgan fingerprint density at radius 3 is 2.62 bits per heavy atom. The van der Waals surface area contributed by atoms with Crippen LogP contribution in [0.4, 0.5) is 13.2 Å². The van der Waals surface area contributed by atoms with Crippen LogP contribution in [-0.4, -0.2) is 20.0 Å². The molecule has 2 aromatic rings. The van der Waals surface area contributed by atoms with Gasteiger partial charge in [-0.15, -0.1) is 5.10 Å². The van der Waals surface area contributed by atoms with Crippen molar-refractivity contribution in [1.82, 2.24) is 25.3 Å². The standard InChI is InChI=1S/C12H13ClF3N5/c1-7(17-5-8-6-18-20-21(8)2)9-3-4-10(12(14,15)16)19-11(9)13/h3-4,6-7,17H,5H2,1-2H3. The Morgan fingerprint density at radius 2 is 2.10 bits per heavy atom. The number of aromatic nitrogens is 4. The Hall–Kier alpha value is -1.67. The molecule has 0 fully saturated rings. The van der Waals surface area contributed by atoms with Crippen LogP contribution in [-0.2, 0) is 19.8 Å². The molecule has 0 bridgehead atoms. The molecular formula is C12H13ClF3N5. The van der Waals surface area contributed by atoms with Gasteiger partial charge in [0.1, 0.15) is 10.8 Å². The van der Waals surface area contributed by atoms with Crippen molar-refractivity contribution < 1.29 is 13.2 Å². The number of aryl methyl sites for hydroxylation is 1. The third kappa shape index (κ3) is 3.70. The minimum absolute atomic E-state index is 0.159. The Kier molecular flexibility index (Phi) is 4.48. The molecule has 2 heterocycles. The number of hydrogen-bond donors (Lipinski definition) is 1. The highest BCUT2D eigenvalue weighted by atomic mass is 35.5. The molecule has 1 N–H and O–H groups in total. The molecule has 9 heteroatoms. The maximum atomic E-state index is 12.5. The molecule has 1 atom stereocenters. The van der Waals surface area contributed by atoms with Crippen molar-refractivity contribution in [1.29, 1.82) is 0 Å². The van der Waals surface area contributed by atoms with Gasteiger partial charge in [0, 0.05) is 25.2 Å². The predicted octanol–water partition coefficient (Wildman–Crippen LogP) is 2.73. The van der Waals surface area contributed by atoms with Crippen LogP contribution in [0.15, 0.2) is 18.3 Å².